The van der Waals surface area contributed by atoms with Gasteiger partial charge in [0.05, 0.1) is 22.1 Å². The molecule has 3 nitrogen and oxygen atoms in total. The fourth-order valence-electron chi connectivity index (χ4n) is 9.67. The van der Waals surface area contributed by atoms with E-state index in [1.165, 1.54) is 77.1 Å². The minimum atomic E-state index is 0.0110. The highest BCUT2D eigenvalue weighted by Crippen LogP contribution is 2.66. The van der Waals surface area contributed by atoms with E-state index in [1.807, 2.05) is 0 Å². The summed E-state index contributed by atoms with van der Waals surface area (Å²) in [6, 6.07) is 62.4. The van der Waals surface area contributed by atoms with Gasteiger partial charge < -0.3 is 14.5 Å². The van der Waals surface area contributed by atoms with Crippen LogP contribution in [0.4, 0.5) is 0 Å². The van der Waals surface area contributed by atoms with Crippen LogP contribution in [0.2, 0.25) is 0 Å². The second-order valence-electron chi connectivity index (χ2n) is 14.7. The maximum Gasteiger partial charge on any atom is 0.108 e. The van der Waals surface area contributed by atoms with Crippen molar-refractivity contribution in [2.45, 2.75) is 18.5 Å². The van der Waals surface area contributed by atoms with E-state index in [2.05, 4.69) is 204 Å². The molecular weight excluding hydrogens is 631 g/mol. The summed E-state index contributed by atoms with van der Waals surface area (Å²) in [4.78, 5) is 0. The number of allylic oxidation sites excluding steroid dienone is 1. The quantitative estimate of drug-likeness (QED) is 0.194. The Morgan fingerprint density at radius 1 is 0.481 bits per heavy atom. The molecule has 248 valence electrons. The van der Waals surface area contributed by atoms with E-state index < -0.39 is 0 Å². The van der Waals surface area contributed by atoms with E-state index in [1.54, 1.807) is 0 Å². The summed E-state index contributed by atoms with van der Waals surface area (Å²) in [5.74, 6) is 0.939. The van der Waals surface area contributed by atoms with Crippen molar-refractivity contribution in [2.24, 2.45) is 11.8 Å². The monoisotopic (exact) mass is 667 g/mol. The summed E-state index contributed by atoms with van der Waals surface area (Å²) < 4.78 is 4.96. The second kappa shape index (κ2) is 11.1. The first-order chi connectivity index (χ1) is 25.7. The van der Waals surface area contributed by atoms with Crippen LogP contribution in [0.25, 0.3) is 71.6 Å². The third kappa shape index (κ3) is 4.14. The van der Waals surface area contributed by atoms with Gasteiger partial charge in [-0.2, -0.15) is 0 Å². The van der Waals surface area contributed by atoms with Crippen molar-refractivity contribution in [3.63, 3.8) is 0 Å². The molecular formula is C49H37N3. The van der Waals surface area contributed by atoms with E-state index in [-0.39, 0.29) is 11.6 Å². The third-order valence-corrected chi connectivity index (χ3v) is 12.2. The number of rotatable bonds is 5. The van der Waals surface area contributed by atoms with Crippen molar-refractivity contribution in [2.75, 3.05) is 0 Å². The van der Waals surface area contributed by atoms with Gasteiger partial charge in [-0.25, -0.2) is 0 Å². The Bertz CT molecular complexity index is 2840. The van der Waals surface area contributed by atoms with Crippen LogP contribution in [-0.2, 0) is 5.41 Å². The number of hydrogen-bond acceptors (Lipinski definition) is 1. The van der Waals surface area contributed by atoms with Crippen LogP contribution in [0.1, 0.15) is 18.7 Å². The molecule has 0 spiro atoms. The molecule has 1 aliphatic carbocycles. The molecule has 1 N–H and O–H groups in total. The lowest BCUT2D eigenvalue weighted by molar-refractivity contribution is 0.379. The van der Waals surface area contributed by atoms with E-state index in [4.69, 9.17) is 0 Å². The molecule has 7 aromatic carbocycles. The molecule has 0 bridgehead atoms. The number of hydrogen-bond donors (Lipinski definition) is 1. The van der Waals surface area contributed by atoms with Gasteiger partial charge in [0, 0.05) is 38.6 Å². The SMILES string of the molecule is CC1C2C(n3c4ccccc4c4cc(-c5ccc6c(c5)c5ccccc5n6-c5ccccc5)ccc43)NC=CC12c1ccc(-c2ccccc2)cc1. The highest BCUT2D eigenvalue weighted by molar-refractivity contribution is 6.12. The highest BCUT2D eigenvalue weighted by Gasteiger charge is 2.66. The van der Waals surface area contributed by atoms with Gasteiger partial charge in [0.25, 0.3) is 0 Å². The average molecular weight is 668 g/mol. The molecule has 3 heteroatoms. The first kappa shape index (κ1) is 29.4. The third-order valence-electron chi connectivity index (χ3n) is 12.2. The first-order valence-corrected chi connectivity index (χ1v) is 18.4. The molecule has 0 saturated heterocycles. The minimum absolute atomic E-state index is 0.0110. The van der Waals surface area contributed by atoms with Crippen molar-refractivity contribution < 1.29 is 0 Å². The van der Waals surface area contributed by atoms with E-state index in [0.717, 1.165) is 0 Å². The largest absolute Gasteiger partial charge is 0.371 e. The lowest BCUT2D eigenvalue weighted by Gasteiger charge is -2.29. The van der Waals surface area contributed by atoms with Gasteiger partial charge in [-0.05, 0) is 88.5 Å². The number of nitrogens with one attached hydrogen (secondary N) is 1. The predicted molar refractivity (Wildman–Crippen MR) is 217 cm³/mol. The zero-order valence-corrected chi connectivity index (χ0v) is 28.9. The Kier molecular flexibility index (Phi) is 6.27. The smallest absolute Gasteiger partial charge is 0.108 e. The number of fused-ring (bicyclic) bond motifs is 7. The number of benzene rings is 7. The normalized spacial score (nSPS) is 20.8. The molecule has 1 aliphatic heterocycles. The van der Waals surface area contributed by atoms with Gasteiger partial charge in [-0.3, -0.25) is 0 Å². The molecule has 4 unspecified atom stereocenters. The minimum Gasteiger partial charge on any atom is -0.371 e. The Morgan fingerprint density at radius 2 is 1.00 bits per heavy atom. The fourth-order valence-corrected chi connectivity index (χ4v) is 9.67. The van der Waals surface area contributed by atoms with E-state index in [9.17, 15) is 0 Å². The van der Waals surface area contributed by atoms with Crippen molar-refractivity contribution in [3.05, 3.63) is 188 Å². The molecule has 0 radical (unpaired) electrons. The van der Waals surface area contributed by atoms with Crippen LogP contribution < -0.4 is 5.32 Å². The Balaban J connectivity index is 1.01. The first-order valence-electron chi connectivity index (χ1n) is 18.4. The second-order valence-corrected chi connectivity index (χ2v) is 14.7. The molecule has 52 heavy (non-hydrogen) atoms. The topological polar surface area (TPSA) is 21.9 Å². The van der Waals surface area contributed by atoms with Crippen molar-refractivity contribution >= 4 is 43.6 Å². The molecule has 1 fully saturated rings. The summed E-state index contributed by atoms with van der Waals surface area (Å²) >= 11 is 0. The molecule has 4 atom stereocenters. The maximum atomic E-state index is 3.84. The Morgan fingerprint density at radius 3 is 1.73 bits per heavy atom. The van der Waals surface area contributed by atoms with Crippen molar-refractivity contribution in [1.29, 1.82) is 0 Å². The summed E-state index contributed by atoms with van der Waals surface area (Å²) in [6.45, 7) is 2.43. The number of para-hydroxylation sites is 3. The standard InChI is InChI=1S/C49H37N3/c1-32-47-48(50-29-28-49(32,47)37-24-20-34(21-25-37)33-12-4-2-5-13-33)52-44-19-11-9-17-40(44)42-31-36(23-27-46(42)52)35-22-26-45-41(30-35)39-16-8-10-18-43(39)51(45)38-14-6-3-7-15-38/h2-32,47-48,50H,1H3. The van der Waals surface area contributed by atoms with E-state index in [0.29, 0.717) is 11.8 Å². The van der Waals surface area contributed by atoms with Gasteiger partial charge in [0.2, 0.25) is 0 Å². The fraction of sp³-hybridized carbons (Fsp3) is 0.102. The summed E-state index contributed by atoms with van der Waals surface area (Å²) in [5.41, 5.74) is 12.6. The zero-order chi connectivity index (χ0) is 34.4. The van der Waals surface area contributed by atoms with Gasteiger partial charge >= 0.3 is 0 Å². The number of nitrogens with zero attached hydrogens (tertiary/aromatic N) is 2. The summed E-state index contributed by atoms with van der Waals surface area (Å²) in [6.07, 6.45) is 4.78. The average Bonchev–Trinajstić information content (AvgIpc) is 3.52. The molecule has 11 rings (SSSR count). The lowest BCUT2D eigenvalue weighted by atomic mass is 9.88. The molecule has 1 saturated carbocycles. The summed E-state index contributed by atoms with van der Waals surface area (Å²) in [7, 11) is 0. The Hall–Kier alpha value is -6.32. The highest BCUT2D eigenvalue weighted by atomic mass is 15.2. The molecule has 2 aromatic heterocycles. The van der Waals surface area contributed by atoms with Gasteiger partial charge in [0.1, 0.15) is 6.17 Å². The van der Waals surface area contributed by atoms with Gasteiger partial charge in [-0.1, -0.05) is 134 Å². The van der Waals surface area contributed by atoms with Crippen LogP contribution in [0, 0.1) is 11.8 Å². The van der Waals surface area contributed by atoms with E-state index >= 15 is 0 Å². The predicted octanol–water partition coefficient (Wildman–Crippen LogP) is 12.0. The molecule has 9 aromatic rings. The van der Waals surface area contributed by atoms with Crippen LogP contribution >= 0.6 is 0 Å². The summed E-state index contributed by atoms with van der Waals surface area (Å²) in [5, 5.41) is 8.97. The molecule has 3 heterocycles. The molecule has 0 amide bonds. The van der Waals surface area contributed by atoms with Crippen molar-refractivity contribution in [1.82, 2.24) is 14.5 Å². The zero-order valence-electron chi connectivity index (χ0n) is 28.9. The molecule has 2 aliphatic rings. The lowest BCUT2D eigenvalue weighted by Crippen LogP contribution is -2.31. The van der Waals surface area contributed by atoms with Gasteiger partial charge in [0.15, 0.2) is 0 Å². The number of aromatic nitrogens is 2. The van der Waals surface area contributed by atoms with Gasteiger partial charge in [-0.15, -0.1) is 0 Å². The Labute approximate surface area is 303 Å². The van der Waals surface area contributed by atoms with Crippen LogP contribution in [0.5, 0.6) is 0 Å². The van der Waals surface area contributed by atoms with Crippen LogP contribution in [-0.4, -0.2) is 9.13 Å². The van der Waals surface area contributed by atoms with Crippen LogP contribution in [0.15, 0.2) is 182 Å². The maximum absolute atomic E-state index is 3.84. The van der Waals surface area contributed by atoms with Crippen molar-refractivity contribution in [3.8, 4) is 27.9 Å². The van der Waals surface area contributed by atoms with Crippen LogP contribution in [0.3, 0.4) is 0 Å².